The maximum absolute atomic E-state index is 6.31. The Hall–Kier alpha value is -2.32. The van der Waals surface area contributed by atoms with Crippen molar-refractivity contribution in [2.24, 2.45) is 5.73 Å². The van der Waals surface area contributed by atoms with Crippen LogP contribution in [-0.2, 0) is 0 Å². The Morgan fingerprint density at radius 3 is 2.52 bits per heavy atom. The van der Waals surface area contributed by atoms with Crippen LogP contribution in [0.4, 0.5) is 0 Å². The van der Waals surface area contributed by atoms with Gasteiger partial charge < -0.3 is 10.5 Å². The molecule has 0 spiro atoms. The lowest BCUT2D eigenvalue weighted by molar-refractivity contribution is 0.161. The van der Waals surface area contributed by atoms with Gasteiger partial charge in [-0.3, -0.25) is 0 Å². The largest absolute Gasteiger partial charge is 0.485 e. The van der Waals surface area contributed by atoms with Crippen LogP contribution in [0.15, 0.2) is 66.7 Å². The van der Waals surface area contributed by atoms with Gasteiger partial charge in [-0.25, -0.2) is 0 Å². The Morgan fingerprint density at radius 1 is 0.857 bits per heavy atom. The van der Waals surface area contributed by atoms with Crippen LogP contribution in [0.25, 0.3) is 10.8 Å². The third kappa shape index (κ3) is 2.18. The van der Waals surface area contributed by atoms with E-state index in [0.717, 1.165) is 17.7 Å². The lowest BCUT2D eigenvalue weighted by Gasteiger charge is -2.30. The highest BCUT2D eigenvalue weighted by Crippen LogP contribution is 2.39. The summed E-state index contributed by atoms with van der Waals surface area (Å²) in [4.78, 5) is 0. The smallest absolute Gasteiger partial charge is 0.126 e. The molecule has 2 N–H and O–H groups in total. The van der Waals surface area contributed by atoms with E-state index >= 15 is 0 Å². The number of hydrogen-bond acceptors (Lipinski definition) is 2. The van der Waals surface area contributed by atoms with Crippen molar-refractivity contribution in [1.82, 2.24) is 0 Å². The molecule has 21 heavy (non-hydrogen) atoms. The Kier molecular flexibility index (Phi) is 2.90. The van der Waals surface area contributed by atoms with E-state index < -0.39 is 0 Å². The first kappa shape index (κ1) is 12.4. The minimum atomic E-state index is 0.0273. The van der Waals surface area contributed by atoms with Crippen molar-refractivity contribution in [3.63, 3.8) is 0 Å². The summed E-state index contributed by atoms with van der Waals surface area (Å²) in [5, 5.41) is 2.49. The second-order valence-electron chi connectivity index (χ2n) is 5.59. The minimum Gasteiger partial charge on any atom is -0.485 e. The van der Waals surface area contributed by atoms with E-state index in [9.17, 15) is 0 Å². The fourth-order valence-electron chi connectivity index (χ4n) is 3.07. The summed E-state index contributed by atoms with van der Waals surface area (Å²) in [6.07, 6.45) is 0.842. The molecule has 2 nitrogen and oxygen atoms in total. The Morgan fingerprint density at radius 2 is 1.62 bits per heavy atom. The van der Waals surface area contributed by atoms with Gasteiger partial charge in [-0.05, 0) is 28.5 Å². The first-order valence-corrected chi connectivity index (χ1v) is 7.31. The Labute approximate surface area is 124 Å². The van der Waals surface area contributed by atoms with Gasteiger partial charge in [0.15, 0.2) is 0 Å². The van der Waals surface area contributed by atoms with Gasteiger partial charge in [0.1, 0.15) is 11.9 Å². The zero-order valence-corrected chi connectivity index (χ0v) is 11.7. The van der Waals surface area contributed by atoms with Gasteiger partial charge in [-0.1, -0.05) is 54.6 Å². The first-order chi connectivity index (χ1) is 10.3. The molecular formula is C19H17NO. The van der Waals surface area contributed by atoms with E-state index in [1.165, 1.54) is 16.3 Å². The number of rotatable bonds is 1. The van der Waals surface area contributed by atoms with Crippen LogP contribution in [0.2, 0.25) is 0 Å². The molecule has 2 heteroatoms. The van der Waals surface area contributed by atoms with E-state index in [4.69, 9.17) is 10.5 Å². The highest BCUT2D eigenvalue weighted by atomic mass is 16.5. The number of para-hydroxylation sites is 1. The van der Waals surface area contributed by atoms with Crippen molar-refractivity contribution in [2.45, 2.75) is 18.6 Å². The maximum Gasteiger partial charge on any atom is 0.126 e. The van der Waals surface area contributed by atoms with Crippen LogP contribution >= 0.6 is 0 Å². The number of hydrogen-bond donors (Lipinski definition) is 1. The molecule has 104 valence electrons. The van der Waals surface area contributed by atoms with Gasteiger partial charge in [-0.2, -0.15) is 0 Å². The second kappa shape index (κ2) is 4.90. The number of ether oxygens (including phenoxy) is 1. The lowest BCUT2D eigenvalue weighted by atomic mass is 9.92. The fourth-order valence-corrected chi connectivity index (χ4v) is 3.07. The van der Waals surface area contributed by atoms with Crippen LogP contribution in [0.1, 0.15) is 29.7 Å². The van der Waals surface area contributed by atoms with Crippen LogP contribution < -0.4 is 10.5 Å². The zero-order valence-electron chi connectivity index (χ0n) is 11.7. The zero-order chi connectivity index (χ0) is 14.2. The summed E-state index contributed by atoms with van der Waals surface area (Å²) in [6, 6.07) is 23.0. The van der Waals surface area contributed by atoms with E-state index in [1.807, 2.05) is 18.2 Å². The Balaban J connectivity index is 1.73. The molecule has 0 aromatic heterocycles. The van der Waals surface area contributed by atoms with Crippen molar-refractivity contribution in [3.8, 4) is 5.75 Å². The molecule has 1 aliphatic rings. The van der Waals surface area contributed by atoms with Crippen LogP contribution in [0.3, 0.4) is 0 Å². The number of nitrogens with two attached hydrogens (primary N) is 1. The van der Waals surface area contributed by atoms with Gasteiger partial charge in [-0.15, -0.1) is 0 Å². The standard InChI is InChI=1S/C19H17NO/c20-17-12-19(21-18-8-4-3-7-16(17)18)15-10-9-13-5-1-2-6-14(13)11-15/h1-11,17,19H,12,20H2. The quantitative estimate of drug-likeness (QED) is 0.716. The topological polar surface area (TPSA) is 35.2 Å². The molecule has 1 aliphatic heterocycles. The highest BCUT2D eigenvalue weighted by Gasteiger charge is 2.26. The van der Waals surface area contributed by atoms with Crippen molar-refractivity contribution in [2.75, 3.05) is 0 Å². The molecule has 3 aromatic rings. The van der Waals surface area contributed by atoms with Gasteiger partial charge >= 0.3 is 0 Å². The average molecular weight is 275 g/mol. The lowest BCUT2D eigenvalue weighted by Crippen LogP contribution is -2.24. The molecule has 0 saturated carbocycles. The fraction of sp³-hybridized carbons (Fsp3) is 0.158. The van der Waals surface area contributed by atoms with E-state index in [1.54, 1.807) is 0 Å². The van der Waals surface area contributed by atoms with E-state index in [2.05, 4.69) is 48.5 Å². The molecule has 3 aromatic carbocycles. The highest BCUT2D eigenvalue weighted by molar-refractivity contribution is 5.83. The summed E-state index contributed by atoms with van der Waals surface area (Å²) < 4.78 is 6.16. The van der Waals surface area contributed by atoms with Gasteiger partial charge in [0, 0.05) is 18.0 Å². The SMILES string of the molecule is NC1CC(c2ccc3ccccc3c2)Oc2ccccc21. The summed E-state index contributed by atoms with van der Waals surface area (Å²) in [5.41, 5.74) is 8.61. The van der Waals surface area contributed by atoms with Crippen LogP contribution in [0, 0.1) is 0 Å². The Bertz CT molecular complexity index is 796. The third-order valence-corrected chi connectivity index (χ3v) is 4.20. The monoisotopic (exact) mass is 275 g/mol. The third-order valence-electron chi connectivity index (χ3n) is 4.20. The molecule has 2 atom stereocenters. The molecule has 2 unspecified atom stereocenters. The van der Waals surface area contributed by atoms with Crippen molar-refractivity contribution < 1.29 is 4.74 Å². The first-order valence-electron chi connectivity index (χ1n) is 7.31. The molecule has 0 amide bonds. The molecule has 0 saturated heterocycles. The molecule has 1 heterocycles. The van der Waals surface area contributed by atoms with Crippen LogP contribution in [0.5, 0.6) is 5.75 Å². The van der Waals surface area contributed by atoms with Crippen molar-refractivity contribution in [3.05, 3.63) is 77.9 Å². The normalized spacial score (nSPS) is 20.8. The van der Waals surface area contributed by atoms with E-state index in [-0.39, 0.29) is 12.1 Å². The second-order valence-corrected chi connectivity index (χ2v) is 5.59. The number of benzene rings is 3. The average Bonchev–Trinajstić information content (AvgIpc) is 2.54. The van der Waals surface area contributed by atoms with Gasteiger partial charge in [0.25, 0.3) is 0 Å². The van der Waals surface area contributed by atoms with Crippen LogP contribution in [-0.4, -0.2) is 0 Å². The predicted octanol–water partition coefficient (Wildman–Crippen LogP) is 4.36. The summed E-state index contributed by atoms with van der Waals surface area (Å²) in [7, 11) is 0. The predicted molar refractivity (Wildman–Crippen MR) is 85.3 cm³/mol. The summed E-state index contributed by atoms with van der Waals surface area (Å²) in [6.45, 7) is 0. The van der Waals surface area contributed by atoms with Gasteiger partial charge in [0.2, 0.25) is 0 Å². The molecule has 0 bridgehead atoms. The summed E-state index contributed by atoms with van der Waals surface area (Å²) >= 11 is 0. The minimum absolute atomic E-state index is 0.0273. The molecule has 0 fully saturated rings. The van der Waals surface area contributed by atoms with Crippen molar-refractivity contribution in [1.29, 1.82) is 0 Å². The molecule has 0 radical (unpaired) electrons. The molecule has 0 aliphatic carbocycles. The summed E-state index contributed by atoms with van der Waals surface area (Å²) in [5.74, 6) is 0.911. The van der Waals surface area contributed by atoms with Gasteiger partial charge in [0.05, 0.1) is 0 Å². The van der Waals surface area contributed by atoms with E-state index in [0.29, 0.717) is 0 Å². The maximum atomic E-state index is 6.31. The van der Waals surface area contributed by atoms with Crippen molar-refractivity contribution >= 4 is 10.8 Å². The number of fused-ring (bicyclic) bond motifs is 2. The molecule has 4 rings (SSSR count). The molecular weight excluding hydrogens is 258 g/mol.